The number of carbonyl (C=O) groups is 1. The summed E-state index contributed by atoms with van der Waals surface area (Å²) in [6.45, 7) is 0.263. The van der Waals surface area contributed by atoms with Crippen LogP contribution in [0.5, 0.6) is 0 Å². The summed E-state index contributed by atoms with van der Waals surface area (Å²) in [7, 11) is 0. The second-order valence-electron chi connectivity index (χ2n) is 4.50. The molecule has 0 bridgehead atoms. The first-order valence-electron chi connectivity index (χ1n) is 6.36. The zero-order valence-corrected chi connectivity index (χ0v) is 13.1. The number of halogens is 1. The van der Waals surface area contributed by atoms with Gasteiger partial charge in [-0.2, -0.15) is 0 Å². The van der Waals surface area contributed by atoms with Gasteiger partial charge in [0.1, 0.15) is 12.6 Å². The molecule has 3 nitrogen and oxygen atoms in total. The maximum atomic E-state index is 11.9. The number of ether oxygens (including phenoxy) is 1. The normalized spacial score (nSPS) is 11.9. The van der Waals surface area contributed by atoms with Crippen molar-refractivity contribution in [3.05, 3.63) is 69.3 Å². The third kappa shape index (κ3) is 4.31. The Morgan fingerprint density at radius 3 is 2.45 bits per heavy atom. The highest BCUT2D eigenvalue weighted by Gasteiger charge is 2.16. The first kappa shape index (κ1) is 15.0. The smallest absolute Gasteiger partial charge is 0.323 e. The summed E-state index contributed by atoms with van der Waals surface area (Å²) in [5.74, 6) is -0.367. The van der Waals surface area contributed by atoms with Crippen molar-refractivity contribution in [3.63, 3.8) is 0 Å². The fourth-order valence-electron chi connectivity index (χ4n) is 1.82. The number of benzene rings is 2. The van der Waals surface area contributed by atoms with Crippen molar-refractivity contribution >= 4 is 28.6 Å². The molecule has 0 heterocycles. The van der Waals surface area contributed by atoms with Crippen LogP contribution >= 0.6 is 22.6 Å². The quantitative estimate of drug-likeness (QED) is 0.640. The Bertz CT molecular complexity index is 572. The molecule has 0 saturated heterocycles. The summed E-state index contributed by atoms with van der Waals surface area (Å²) in [4.78, 5) is 11.9. The molecule has 2 rings (SSSR count). The van der Waals surface area contributed by atoms with Crippen molar-refractivity contribution in [2.45, 2.75) is 19.1 Å². The highest BCUT2D eigenvalue weighted by Crippen LogP contribution is 2.13. The summed E-state index contributed by atoms with van der Waals surface area (Å²) in [5, 5.41) is 0. The summed E-state index contributed by atoms with van der Waals surface area (Å²) < 4.78 is 6.34. The first-order valence-corrected chi connectivity index (χ1v) is 7.44. The van der Waals surface area contributed by atoms with Gasteiger partial charge in [-0.1, -0.05) is 48.5 Å². The van der Waals surface area contributed by atoms with Crippen LogP contribution in [0.15, 0.2) is 54.6 Å². The molecule has 20 heavy (non-hydrogen) atoms. The van der Waals surface area contributed by atoms with Crippen molar-refractivity contribution in [3.8, 4) is 0 Å². The first-order chi connectivity index (χ1) is 9.66. The van der Waals surface area contributed by atoms with Gasteiger partial charge in [-0.3, -0.25) is 4.79 Å². The molecule has 1 atom stereocenters. The molecule has 0 aromatic heterocycles. The van der Waals surface area contributed by atoms with Gasteiger partial charge < -0.3 is 10.5 Å². The molecule has 2 aromatic rings. The minimum absolute atomic E-state index is 0.263. The van der Waals surface area contributed by atoms with E-state index in [0.29, 0.717) is 6.42 Å². The predicted octanol–water partition coefficient (Wildman–Crippen LogP) is 2.90. The molecule has 0 saturated carbocycles. The lowest BCUT2D eigenvalue weighted by Crippen LogP contribution is -2.34. The lowest BCUT2D eigenvalue weighted by molar-refractivity contribution is -0.146. The van der Waals surface area contributed by atoms with Crippen LogP contribution in [0.2, 0.25) is 0 Å². The zero-order valence-electron chi connectivity index (χ0n) is 11.0. The van der Waals surface area contributed by atoms with Crippen LogP contribution in [-0.2, 0) is 22.6 Å². The highest BCUT2D eigenvalue weighted by atomic mass is 127. The summed E-state index contributed by atoms with van der Waals surface area (Å²) >= 11 is 2.24. The number of carbonyl (C=O) groups excluding carboxylic acids is 1. The molecule has 0 amide bonds. The fraction of sp³-hybridized carbons (Fsp3) is 0.188. The molecule has 0 spiro atoms. The number of nitrogens with two attached hydrogens (primary N) is 1. The summed E-state index contributed by atoms with van der Waals surface area (Å²) in [5.41, 5.74) is 7.93. The van der Waals surface area contributed by atoms with E-state index in [4.69, 9.17) is 10.5 Å². The monoisotopic (exact) mass is 381 g/mol. The van der Waals surface area contributed by atoms with Gasteiger partial charge >= 0.3 is 5.97 Å². The van der Waals surface area contributed by atoms with Crippen molar-refractivity contribution in [1.82, 2.24) is 0 Å². The molecule has 0 aliphatic heterocycles. The Labute approximate surface area is 132 Å². The van der Waals surface area contributed by atoms with Gasteiger partial charge in [0.25, 0.3) is 0 Å². The van der Waals surface area contributed by atoms with E-state index in [9.17, 15) is 4.79 Å². The van der Waals surface area contributed by atoms with E-state index in [-0.39, 0.29) is 12.6 Å². The van der Waals surface area contributed by atoms with Crippen molar-refractivity contribution in [2.24, 2.45) is 5.73 Å². The molecule has 0 aliphatic rings. The van der Waals surface area contributed by atoms with E-state index >= 15 is 0 Å². The Hall–Kier alpha value is -1.40. The van der Waals surface area contributed by atoms with E-state index in [2.05, 4.69) is 22.6 Å². The van der Waals surface area contributed by atoms with Gasteiger partial charge in [0.05, 0.1) is 0 Å². The maximum absolute atomic E-state index is 11.9. The Balaban J connectivity index is 1.88. The Morgan fingerprint density at radius 2 is 1.75 bits per heavy atom. The lowest BCUT2D eigenvalue weighted by atomic mass is 10.1. The number of esters is 1. The third-order valence-corrected chi connectivity index (χ3v) is 3.98. The third-order valence-electron chi connectivity index (χ3n) is 2.92. The van der Waals surface area contributed by atoms with Crippen LogP contribution in [0, 0.1) is 3.57 Å². The fourth-order valence-corrected chi connectivity index (χ4v) is 2.43. The van der Waals surface area contributed by atoms with Gasteiger partial charge in [-0.05, 0) is 46.2 Å². The van der Waals surface area contributed by atoms with E-state index in [1.807, 2.05) is 54.6 Å². The Morgan fingerprint density at radius 1 is 1.10 bits per heavy atom. The molecule has 4 heteroatoms. The van der Waals surface area contributed by atoms with Crippen LogP contribution in [0.4, 0.5) is 0 Å². The second-order valence-corrected chi connectivity index (χ2v) is 5.66. The van der Waals surface area contributed by atoms with E-state index in [1.165, 1.54) is 0 Å². The molecule has 0 fully saturated rings. The molecule has 104 valence electrons. The van der Waals surface area contributed by atoms with Crippen LogP contribution < -0.4 is 5.73 Å². The SMILES string of the molecule is N[C@@H](Cc1ccccc1I)C(=O)OCc1ccccc1. The highest BCUT2D eigenvalue weighted by molar-refractivity contribution is 14.1. The van der Waals surface area contributed by atoms with Crippen molar-refractivity contribution in [2.75, 3.05) is 0 Å². The summed E-state index contributed by atoms with van der Waals surface area (Å²) in [6, 6.07) is 16.8. The average molecular weight is 381 g/mol. The summed E-state index contributed by atoms with van der Waals surface area (Å²) in [6.07, 6.45) is 0.493. The van der Waals surface area contributed by atoms with Crippen molar-refractivity contribution < 1.29 is 9.53 Å². The maximum Gasteiger partial charge on any atom is 0.323 e. The molecule has 0 radical (unpaired) electrons. The van der Waals surface area contributed by atoms with Gasteiger partial charge in [-0.15, -0.1) is 0 Å². The molecule has 0 unspecified atom stereocenters. The van der Waals surface area contributed by atoms with Crippen LogP contribution in [0.3, 0.4) is 0 Å². The second kappa shape index (κ2) is 7.40. The van der Waals surface area contributed by atoms with Gasteiger partial charge in [-0.25, -0.2) is 0 Å². The minimum Gasteiger partial charge on any atom is -0.460 e. The van der Waals surface area contributed by atoms with E-state index in [0.717, 1.165) is 14.7 Å². The number of hydrogen-bond donors (Lipinski definition) is 1. The van der Waals surface area contributed by atoms with Gasteiger partial charge in [0.15, 0.2) is 0 Å². The number of hydrogen-bond acceptors (Lipinski definition) is 3. The molecule has 0 aliphatic carbocycles. The van der Waals surface area contributed by atoms with E-state index in [1.54, 1.807) is 0 Å². The lowest BCUT2D eigenvalue weighted by Gasteiger charge is -2.12. The van der Waals surface area contributed by atoms with Crippen molar-refractivity contribution in [1.29, 1.82) is 0 Å². The Kier molecular flexibility index (Phi) is 5.55. The predicted molar refractivity (Wildman–Crippen MR) is 87.1 cm³/mol. The zero-order chi connectivity index (χ0) is 14.4. The van der Waals surface area contributed by atoms with Gasteiger partial charge in [0.2, 0.25) is 0 Å². The largest absolute Gasteiger partial charge is 0.460 e. The average Bonchev–Trinajstić information content (AvgIpc) is 2.48. The molecule has 2 N–H and O–H groups in total. The van der Waals surface area contributed by atoms with Crippen LogP contribution in [-0.4, -0.2) is 12.0 Å². The minimum atomic E-state index is -0.630. The van der Waals surface area contributed by atoms with E-state index < -0.39 is 6.04 Å². The topological polar surface area (TPSA) is 52.3 Å². The molecule has 2 aromatic carbocycles. The van der Waals surface area contributed by atoms with Crippen LogP contribution in [0.1, 0.15) is 11.1 Å². The molecular formula is C16H16INO2. The number of rotatable bonds is 5. The molecular weight excluding hydrogens is 365 g/mol. The standard InChI is InChI=1S/C16H16INO2/c17-14-9-5-4-8-13(14)10-15(18)16(19)20-11-12-6-2-1-3-7-12/h1-9,15H,10-11,18H2/t15-/m0/s1. The van der Waals surface area contributed by atoms with Crippen LogP contribution in [0.25, 0.3) is 0 Å². The van der Waals surface area contributed by atoms with Gasteiger partial charge in [0, 0.05) is 3.57 Å².